The third-order valence-electron chi connectivity index (χ3n) is 3.08. The Bertz CT molecular complexity index is 913. The number of carbonyl (C=O) groups is 2. The number of benzene rings is 1. The van der Waals surface area contributed by atoms with Gasteiger partial charge in [-0.05, 0) is 26.8 Å². The zero-order chi connectivity index (χ0) is 18.8. The second-order valence-electron chi connectivity index (χ2n) is 6.39. The maximum absolute atomic E-state index is 12.3. The Morgan fingerprint density at radius 1 is 1.32 bits per heavy atom. The molecule has 0 spiro atoms. The summed E-state index contributed by atoms with van der Waals surface area (Å²) in [5.41, 5.74) is -1.08. The Balaban J connectivity index is 2.19. The number of nitrogens with one attached hydrogen (secondary N) is 2. The Hall–Kier alpha value is -3.30. The average molecular weight is 347 g/mol. The normalized spacial score (nSPS) is 11.2. The molecule has 132 valence electrons. The highest BCUT2D eigenvalue weighted by molar-refractivity contribution is 5.94. The van der Waals surface area contributed by atoms with Crippen LogP contribution in [0.2, 0.25) is 0 Å². The molecule has 25 heavy (non-hydrogen) atoms. The van der Waals surface area contributed by atoms with Crippen LogP contribution in [0.5, 0.6) is 0 Å². The summed E-state index contributed by atoms with van der Waals surface area (Å²) in [6.07, 6.45) is 1.11. The van der Waals surface area contributed by atoms with Crippen molar-refractivity contribution in [3.05, 3.63) is 45.0 Å². The van der Waals surface area contributed by atoms with Crippen molar-refractivity contribution < 1.29 is 14.5 Å². The molecular weight excluding hydrogens is 330 g/mol. The zero-order valence-electron chi connectivity index (χ0n) is 13.9. The van der Waals surface area contributed by atoms with Crippen molar-refractivity contribution in [1.29, 1.82) is 0 Å². The lowest BCUT2D eigenvalue weighted by molar-refractivity contribution is -0.384. The number of amides is 3. The lowest BCUT2D eigenvalue weighted by atomic mass is 10.1. The monoisotopic (exact) mass is 347 g/mol. The molecule has 10 heteroatoms. The van der Waals surface area contributed by atoms with Crippen LogP contribution < -0.4 is 16.2 Å². The van der Waals surface area contributed by atoms with Gasteiger partial charge in [-0.2, -0.15) is 0 Å². The number of urea groups is 1. The predicted octanol–water partition coefficient (Wildman–Crippen LogP) is 0.929. The van der Waals surface area contributed by atoms with E-state index in [1.807, 2.05) is 0 Å². The lowest BCUT2D eigenvalue weighted by Crippen LogP contribution is -2.49. The van der Waals surface area contributed by atoms with E-state index in [1.54, 1.807) is 20.8 Å². The first-order chi connectivity index (χ1) is 11.6. The quantitative estimate of drug-likeness (QED) is 0.626. The van der Waals surface area contributed by atoms with Gasteiger partial charge < -0.3 is 5.32 Å². The summed E-state index contributed by atoms with van der Waals surface area (Å²) in [7, 11) is 0. The molecule has 0 saturated carbocycles. The molecule has 0 saturated heterocycles. The average Bonchev–Trinajstić information content (AvgIpc) is 2.47. The van der Waals surface area contributed by atoms with E-state index in [4.69, 9.17) is 0 Å². The first-order valence-corrected chi connectivity index (χ1v) is 7.32. The third-order valence-corrected chi connectivity index (χ3v) is 3.08. The fourth-order valence-corrected chi connectivity index (χ4v) is 2.07. The van der Waals surface area contributed by atoms with Crippen molar-refractivity contribution >= 4 is 28.5 Å². The van der Waals surface area contributed by atoms with Crippen LogP contribution in [0.4, 0.5) is 10.5 Å². The van der Waals surface area contributed by atoms with Crippen molar-refractivity contribution in [3.63, 3.8) is 0 Å². The molecule has 2 aromatic rings. The van der Waals surface area contributed by atoms with E-state index >= 15 is 0 Å². The van der Waals surface area contributed by atoms with E-state index in [-0.39, 0.29) is 16.6 Å². The van der Waals surface area contributed by atoms with Gasteiger partial charge in [0.05, 0.1) is 22.2 Å². The molecule has 0 radical (unpaired) electrons. The van der Waals surface area contributed by atoms with E-state index in [9.17, 15) is 24.5 Å². The highest BCUT2D eigenvalue weighted by atomic mass is 16.6. The fourth-order valence-electron chi connectivity index (χ4n) is 2.07. The van der Waals surface area contributed by atoms with E-state index < -0.39 is 34.5 Å². The molecule has 0 bridgehead atoms. The Morgan fingerprint density at radius 2 is 2.00 bits per heavy atom. The zero-order valence-corrected chi connectivity index (χ0v) is 13.9. The summed E-state index contributed by atoms with van der Waals surface area (Å²) in [6.45, 7) is 4.87. The number of nitrogens with zero attached hydrogens (tertiary/aromatic N) is 3. The summed E-state index contributed by atoms with van der Waals surface area (Å²) in [6, 6.07) is 2.98. The number of imide groups is 1. The van der Waals surface area contributed by atoms with Crippen molar-refractivity contribution in [3.8, 4) is 0 Å². The second kappa shape index (κ2) is 6.67. The number of nitro benzene ring substituents is 1. The van der Waals surface area contributed by atoms with Crippen LogP contribution >= 0.6 is 0 Å². The predicted molar refractivity (Wildman–Crippen MR) is 89.1 cm³/mol. The number of non-ortho nitro benzene ring substituents is 1. The maximum Gasteiger partial charge on any atom is 0.321 e. The summed E-state index contributed by atoms with van der Waals surface area (Å²) in [5, 5.41) is 15.6. The molecule has 0 unspecified atom stereocenters. The van der Waals surface area contributed by atoms with E-state index in [0.29, 0.717) is 0 Å². The van der Waals surface area contributed by atoms with Crippen molar-refractivity contribution in [2.75, 3.05) is 0 Å². The number of aromatic nitrogens is 2. The third kappa shape index (κ3) is 4.59. The van der Waals surface area contributed by atoms with Crippen LogP contribution in [0.3, 0.4) is 0 Å². The summed E-state index contributed by atoms with van der Waals surface area (Å²) in [4.78, 5) is 50.0. The number of nitro groups is 1. The highest BCUT2D eigenvalue weighted by Gasteiger charge is 2.17. The second-order valence-corrected chi connectivity index (χ2v) is 6.39. The van der Waals surface area contributed by atoms with Gasteiger partial charge in [-0.1, -0.05) is 0 Å². The van der Waals surface area contributed by atoms with Crippen molar-refractivity contribution in [2.45, 2.75) is 32.9 Å². The van der Waals surface area contributed by atoms with Gasteiger partial charge in [-0.3, -0.25) is 29.6 Å². The van der Waals surface area contributed by atoms with Crippen LogP contribution in [-0.4, -0.2) is 32.0 Å². The molecule has 2 rings (SSSR count). The number of hydrogen-bond donors (Lipinski definition) is 2. The van der Waals surface area contributed by atoms with Crippen LogP contribution in [0.15, 0.2) is 29.3 Å². The van der Waals surface area contributed by atoms with Gasteiger partial charge in [-0.25, -0.2) is 9.78 Å². The minimum absolute atomic E-state index is 0.139. The van der Waals surface area contributed by atoms with Gasteiger partial charge in [0.15, 0.2) is 0 Å². The molecule has 3 amide bonds. The maximum atomic E-state index is 12.3. The van der Waals surface area contributed by atoms with Crippen LogP contribution in [0.1, 0.15) is 20.8 Å². The standard InChI is InChI=1S/C15H17N5O5/c1-15(2,3)18-14(23)17-12(21)7-19-8-16-11-6-9(20(24)25)4-5-10(11)13(19)22/h4-6,8H,7H2,1-3H3,(H2,17,18,21,23). The molecule has 1 aromatic carbocycles. The van der Waals surface area contributed by atoms with Crippen LogP contribution in [-0.2, 0) is 11.3 Å². The highest BCUT2D eigenvalue weighted by Crippen LogP contribution is 2.16. The molecule has 0 aliphatic carbocycles. The van der Waals surface area contributed by atoms with Crippen LogP contribution in [0, 0.1) is 10.1 Å². The Kier molecular flexibility index (Phi) is 4.82. The largest absolute Gasteiger partial charge is 0.333 e. The van der Waals surface area contributed by atoms with Crippen molar-refractivity contribution in [2.24, 2.45) is 0 Å². The minimum Gasteiger partial charge on any atom is -0.333 e. The SMILES string of the molecule is CC(C)(C)NC(=O)NC(=O)Cn1cnc2cc([N+](=O)[O-])ccc2c1=O. The van der Waals surface area contributed by atoms with Gasteiger partial charge in [0, 0.05) is 17.7 Å². The van der Waals surface area contributed by atoms with Crippen LogP contribution in [0.25, 0.3) is 10.9 Å². The molecule has 0 atom stereocenters. The number of fused-ring (bicyclic) bond motifs is 1. The summed E-state index contributed by atoms with van der Waals surface area (Å²) >= 11 is 0. The first-order valence-electron chi connectivity index (χ1n) is 7.32. The fraction of sp³-hybridized carbons (Fsp3) is 0.333. The lowest BCUT2D eigenvalue weighted by Gasteiger charge is -2.20. The topological polar surface area (TPSA) is 136 Å². The van der Waals surface area contributed by atoms with Gasteiger partial charge in [0.1, 0.15) is 6.54 Å². The number of carbonyl (C=O) groups excluding carboxylic acids is 2. The molecular formula is C15H17N5O5. The Labute approximate surface area is 142 Å². The van der Waals surface area contributed by atoms with Gasteiger partial charge in [-0.15, -0.1) is 0 Å². The van der Waals surface area contributed by atoms with Gasteiger partial charge in [0.2, 0.25) is 5.91 Å². The van der Waals surface area contributed by atoms with Gasteiger partial charge in [0.25, 0.3) is 11.2 Å². The minimum atomic E-state index is -0.688. The first kappa shape index (κ1) is 18.0. The molecule has 1 aromatic heterocycles. The molecule has 2 N–H and O–H groups in total. The number of hydrogen-bond acceptors (Lipinski definition) is 6. The van der Waals surface area contributed by atoms with E-state index in [2.05, 4.69) is 15.6 Å². The van der Waals surface area contributed by atoms with E-state index in [1.165, 1.54) is 18.2 Å². The summed E-state index contributed by atoms with van der Waals surface area (Å²) in [5.74, 6) is -0.688. The molecule has 1 heterocycles. The smallest absolute Gasteiger partial charge is 0.321 e. The van der Waals surface area contributed by atoms with Crippen molar-refractivity contribution in [1.82, 2.24) is 20.2 Å². The summed E-state index contributed by atoms with van der Waals surface area (Å²) < 4.78 is 1.02. The van der Waals surface area contributed by atoms with Gasteiger partial charge >= 0.3 is 6.03 Å². The molecule has 0 fully saturated rings. The Morgan fingerprint density at radius 3 is 2.60 bits per heavy atom. The molecule has 10 nitrogen and oxygen atoms in total. The molecule has 0 aliphatic rings. The number of rotatable bonds is 3. The van der Waals surface area contributed by atoms with E-state index in [0.717, 1.165) is 10.9 Å². The molecule has 0 aliphatic heterocycles.